The van der Waals surface area contributed by atoms with Crippen LogP contribution < -0.4 is 5.73 Å². The van der Waals surface area contributed by atoms with Gasteiger partial charge in [0.2, 0.25) is 0 Å². The Kier molecular flexibility index (Phi) is 2.80. The number of amidine groups is 1. The van der Waals surface area contributed by atoms with Crippen LogP contribution in [0.3, 0.4) is 0 Å². The molecule has 0 amide bonds. The van der Waals surface area contributed by atoms with Crippen LogP contribution in [0.5, 0.6) is 0 Å². The number of halogens is 1. The first-order valence-electron chi connectivity index (χ1n) is 2.98. The molecule has 0 aromatic carbocycles. The molecule has 1 aromatic heterocycles. The molecule has 0 radical (unpaired) electrons. The first-order valence-corrected chi connectivity index (χ1v) is 3.51. The Morgan fingerprint density at radius 1 is 1.64 bits per heavy atom. The molecule has 0 atom stereocenters. The molecule has 0 aliphatic rings. The summed E-state index contributed by atoms with van der Waals surface area (Å²) in [6.07, 6.45) is 4.62. The number of alkyl halides is 1. The van der Waals surface area contributed by atoms with Gasteiger partial charge in [0, 0.05) is 12.4 Å². The van der Waals surface area contributed by atoms with Gasteiger partial charge in [-0.05, 0) is 0 Å². The lowest BCUT2D eigenvalue weighted by Gasteiger charge is -1.92. The zero-order valence-electron chi connectivity index (χ0n) is 5.74. The second-order valence-corrected chi connectivity index (χ2v) is 2.07. The molecular formula is C6H7ClN4. The molecule has 11 heavy (non-hydrogen) atoms. The van der Waals surface area contributed by atoms with Crippen LogP contribution in [0, 0.1) is 0 Å². The number of rotatable bonds is 2. The molecule has 0 spiro atoms. The van der Waals surface area contributed by atoms with Crippen molar-refractivity contribution in [2.45, 2.75) is 0 Å². The van der Waals surface area contributed by atoms with E-state index in [4.69, 9.17) is 17.3 Å². The number of hydrogen-bond donors (Lipinski definition) is 1. The van der Waals surface area contributed by atoms with Gasteiger partial charge in [-0.15, -0.1) is 11.6 Å². The molecular weight excluding hydrogens is 164 g/mol. The van der Waals surface area contributed by atoms with Gasteiger partial charge < -0.3 is 5.73 Å². The van der Waals surface area contributed by atoms with E-state index in [1.807, 2.05) is 0 Å². The zero-order valence-corrected chi connectivity index (χ0v) is 6.49. The van der Waals surface area contributed by atoms with Crippen molar-refractivity contribution in [3.05, 3.63) is 18.6 Å². The van der Waals surface area contributed by atoms with Crippen molar-refractivity contribution in [2.75, 3.05) is 5.88 Å². The van der Waals surface area contributed by atoms with Crippen molar-refractivity contribution in [1.29, 1.82) is 0 Å². The van der Waals surface area contributed by atoms with E-state index in [1.54, 1.807) is 12.4 Å². The van der Waals surface area contributed by atoms with Crippen molar-refractivity contribution in [1.82, 2.24) is 9.97 Å². The van der Waals surface area contributed by atoms with Crippen molar-refractivity contribution in [2.24, 2.45) is 10.7 Å². The average molecular weight is 171 g/mol. The normalized spacial score (nSPS) is 11.5. The topological polar surface area (TPSA) is 64.2 Å². The fourth-order valence-electron chi connectivity index (χ4n) is 0.526. The molecule has 0 bridgehead atoms. The standard InChI is InChI=1S/C6H7ClN4/c7-3-5(8)11-6-4-9-1-2-10-6/h1-2,4H,3H2,(H2,8,10,11). The van der Waals surface area contributed by atoms with Gasteiger partial charge >= 0.3 is 0 Å². The van der Waals surface area contributed by atoms with Crippen LogP contribution in [0.25, 0.3) is 0 Å². The maximum atomic E-state index is 5.40. The summed E-state index contributed by atoms with van der Waals surface area (Å²) in [6.45, 7) is 0. The molecule has 1 heterocycles. The van der Waals surface area contributed by atoms with Gasteiger partial charge in [-0.2, -0.15) is 0 Å². The van der Waals surface area contributed by atoms with Crippen molar-refractivity contribution < 1.29 is 0 Å². The first-order chi connectivity index (χ1) is 5.33. The molecule has 5 heteroatoms. The van der Waals surface area contributed by atoms with E-state index in [0.717, 1.165) is 0 Å². The van der Waals surface area contributed by atoms with E-state index in [9.17, 15) is 0 Å². The lowest BCUT2D eigenvalue weighted by atomic mass is 10.6. The first kappa shape index (κ1) is 7.94. The molecule has 58 valence electrons. The fourth-order valence-corrected chi connectivity index (χ4v) is 0.586. The van der Waals surface area contributed by atoms with E-state index >= 15 is 0 Å². The monoisotopic (exact) mass is 170 g/mol. The number of aliphatic imine (C=N–C) groups is 1. The summed E-state index contributed by atoms with van der Waals surface area (Å²) in [5, 5.41) is 0. The number of nitrogens with zero attached hydrogens (tertiary/aromatic N) is 3. The van der Waals surface area contributed by atoms with Crippen LogP contribution in [-0.4, -0.2) is 21.7 Å². The molecule has 0 saturated heterocycles. The van der Waals surface area contributed by atoms with Crippen LogP contribution in [0.1, 0.15) is 0 Å². The largest absolute Gasteiger partial charge is 0.386 e. The smallest absolute Gasteiger partial charge is 0.172 e. The van der Waals surface area contributed by atoms with Gasteiger partial charge in [-0.25, -0.2) is 9.98 Å². The summed E-state index contributed by atoms with van der Waals surface area (Å²) < 4.78 is 0. The highest BCUT2D eigenvalue weighted by atomic mass is 35.5. The minimum Gasteiger partial charge on any atom is -0.386 e. The molecule has 1 rings (SSSR count). The van der Waals surface area contributed by atoms with E-state index in [0.29, 0.717) is 11.7 Å². The summed E-state index contributed by atoms with van der Waals surface area (Å²) in [5.41, 5.74) is 5.36. The van der Waals surface area contributed by atoms with Gasteiger partial charge in [-0.3, -0.25) is 4.98 Å². The predicted molar refractivity (Wildman–Crippen MR) is 44.0 cm³/mol. The quantitative estimate of drug-likeness (QED) is 0.404. The van der Waals surface area contributed by atoms with Crippen LogP contribution in [0.15, 0.2) is 23.6 Å². The van der Waals surface area contributed by atoms with Gasteiger partial charge in [0.25, 0.3) is 0 Å². The van der Waals surface area contributed by atoms with Crippen LogP contribution in [0.2, 0.25) is 0 Å². The van der Waals surface area contributed by atoms with E-state index in [1.165, 1.54) is 6.20 Å². The number of nitrogens with two attached hydrogens (primary N) is 1. The third-order valence-electron chi connectivity index (χ3n) is 0.945. The number of hydrogen-bond acceptors (Lipinski definition) is 3. The summed E-state index contributed by atoms with van der Waals surface area (Å²) >= 11 is 5.40. The van der Waals surface area contributed by atoms with Crippen LogP contribution in [-0.2, 0) is 0 Å². The molecule has 1 aromatic rings. The van der Waals surface area contributed by atoms with Gasteiger partial charge in [0.15, 0.2) is 5.82 Å². The molecule has 4 nitrogen and oxygen atoms in total. The Labute approximate surface area is 69.1 Å². The molecule has 0 saturated carbocycles. The maximum absolute atomic E-state index is 5.40. The lowest BCUT2D eigenvalue weighted by molar-refractivity contribution is 1.17. The van der Waals surface area contributed by atoms with E-state index in [2.05, 4.69) is 15.0 Å². The lowest BCUT2D eigenvalue weighted by Crippen LogP contribution is -2.12. The maximum Gasteiger partial charge on any atom is 0.172 e. The Balaban J connectivity index is 2.79. The summed E-state index contributed by atoms with van der Waals surface area (Å²) in [5.74, 6) is 1.02. The highest BCUT2D eigenvalue weighted by Crippen LogP contribution is 2.01. The summed E-state index contributed by atoms with van der Waals surface area (Å²) in [7, 11) is 0. The zero-order chi connectivity index (χ0) is 8.10. The van der Waals surface area contributed by atoms with Gasteiger partial charge in [0.05, 0.1) is 12.1 Å². The van der Waals surface area contributed by atoms with E-state index < -0.39 is 0 Å². The van der Waals surface area contributed by atoms with Crippen LogP contribution in [0.4, 0.5) is 5.82 Å². The van der Waals surface area contributed by atoms with Crippen molar-refractivity contribution in [3.8, 4) is 0 Å². The highest BCUT2D eigenvalue weighted by Gasteiger charge is 1.90. The fraction of sp³-hybridized carbons (Fsp3) is 0.167. The second-order valence-electron chi connectivity index (χ2n) is 1.80. The Morgan fingerprint density at radius 2 is 2.45 bits per heavy atom. The average Bonchev–Trinajstić information content (AvgIpc) is 2.06. The highest BCUT2D eigenvalue weighted by molar-refractivity contribution is 6.28. The van der Waals surface area contributed by atoms with Gasteiger partial charge in [0.1, 0.15) is 5.84 Å². The van der Waals surface area contributed by atoms with Crippen molar-refractivity contribution >= 4 is 23.3 Å². The molecule has 0 fully saturated rings. The third-order valence-corrected chi connectivity index (χ3v) is 1.22. The molecule has 2 N–H and O–H groups in total. The third kappa shape index (κ3) is 2.51. The summed E-state index contributed by atoms with van der Waals surface area (Å²) in [6, 6.07) is 0. The minimum atomic E-state index is 0.205. The van der Waals surface area contributed by atoms with E-state index in [-0.39, 0.29) is 5.88 Å². The second kappa shape index (κ2) is 3.88. The Morgan fingerprint density at radius 3 is 3.00 bits per heavy atom. The van der Waals surface area contributed by atoms with Crippen molar-refractivity contribution in [3.63, 3.8) is 0 Å². The van der Waals surface area contributed by atoms with Gasteiger partial charge in [-0.1, -0.05) is 0 Å². The predicted octanol–water partition coefficient (Wildman–Crippen LogP) is 0.704. The molecule has 0 aliphatic carbocycles. The molecule has 0 unspecified atom stereocenters. The Hall–Kier alpha value is -1.16. The number of aromatic nitrogens is 2. The van der Waals surface area contributed by atoms with Crippen LogP contribution >= 0.6 is 11.6 Å². The Bertz CT molecular complexity index is 246. The molecule has 0 aliphatic heterocycles. The summed E-state index contributed by atoms with van der Waals surface area (Å²) in [4.78, 5) is 11.5. The minimum absolute atomic E-state index is 0.205. The SMILES string of the molecule is NC(CCl)=Nc1cnccn1.